The average molecular weight is 450 g/mol. The summed E-state index contributed by atoms with van der Waals surface area (Å²) in [5.41, 5.74) is 1.53. The molecule has 0 saturated carbocycles. The van der Waals surface area contributed by atoms with Gasteiger partial charge in [0.05, 0.1) is 5.83 Å². The van der Waals surface area contributed by atoms with E-state index in [0.717, 1.165) is 5.56 Å². The van der Waals surface area contributed by atoms with Gasteiger partial charge in [0, 0.05) is 26.9 Å². The van der Waals surface area contributed by atoms with Gasteiger partial charge in [-0.1, -0.05) is 50.8 Å². The van der Waals surface area contributed by atoms with E-state index in [1.807, 2.05) is 44.2 Å². The van der Waals surface area contributed by atoms with Gasteiger partial charge in [0.15, 0.2) is 0 Å². The van der Waals surface area contributed by atoms with Crippen LogP contribution in [0.3, 0.4) is 0 Å². The normalized spacial score (nSPS) is 17.0. The molecular weight excluding hydrogens is 417 g/mol. The van der Waals surface area contributed by atoms with Crippen LogP contribution >= 0.6 is 0 Å². The van der Waals surface area contributed by atoms with Crippen LogP contribution in [0.25, 0.3) is 0 Å². The Morgan fingerprint density at radius 3 is 2.03 bits per heavy atom. The number of piperidine rings is 1. The Kier molecular flexibility index (Phi) is 10.6. The van der Waals surface area contributed by atoms with Crippen LogP contribution in [0.4, 0.5) is 9.18 Å². The first kappa shape index (κ1) is 26.9. The molecule has 2 aliphatic rings. The summed E-state index contributed by atoms with van der Waals surface area (Å²) in [4.78, 5) is 38.0. The van der Waals surface area contributed by atoms with Crippen LogP contribution in [0, 0.1) is 0 Å². The number of rotatable bonds is 2. The summed E-state index contributed by atoms with van der Waals surface area (Å²) in [6.07, 6.45) is 0.397. The van der Waals surface area contributed by atoms with Crippen LogP contribution in [0.1, 0.15) is 53.0 Å². The summed E-state index contributed by atoms with van der Waals surface area (Å²) in [5, 5.41) is 0. The molecule has 2 heterocycles. The van der Waals surface area contributed by atoms with E-state index >= 15 is 0 Å². The molecular formula is C24H32FNO6. The second-order valence-electron chi connectivity index (χ2n) is 7.36. The van der Waals surface area contributed by atoms with E-state index in [-0.39, 0.29) is 18.0 Å². The van der Waals surface area contributed by atoms with Gasteiger partial charge in [-0.2, -0.15) is 0 Å². The first-order chi connectivity index (χ1) is 15.1. The zero-order valence-electron chi connectivity index (χ0n) is 19.4. The molecule has 32 heavy (non-hydrogen) atoms. The van der Waals surface area contributed by atoms with Gasteiger partial charge in [-0.15, -0.1) is 0 Å². The van der Waals surface area contributed by atoms with Crippen molar-refractivity contribution in [3.63, 3.8) is 0 Å². The molecule has 2 fully saturated rings. The minimum Gasteiger partial charge on any atom is -0.445 e. The molecule has 7 nitrogen and oxygen atoms in total. The fraction of sp³-hybridized carbons (Fsp3) is 0.458. The van der Waals surface area contributed by atoms with E-state index in [2.05, 4.69) is 6.58 Å². The fourth-order valence-electron chi connectivity index (χ4n) is 2.96. The molecule has 0 aromatic heterocycles. The molecule has 8 heteroatoms. The summed E-state index contributed by atoms with van der Waals surface area (Å²) < 4.78 is 26.4. The number of allylic oxidation sites excluding steroid dienone is 1. The van der Waals surface area contributed by atoms with Crippen molar-refractivity contribution in [1.29, 1.82) is 0 Å². The summed E-state index contributed by atoms with van der Waals surface area (Å²) in [6.45, 7) is 12.2. The molecule has 0 bridgehead atoms. The van der Waals surface area contributed by atoms with Crippen molar-refractivity contribution in [3.05, 3.63) is 59.4 Å². The van der Waals surface area contributed by atoms with Crippen molar-refractivity contribution >= 4 is 18.0 Å². The fourth-order valence-corrected chi connectivity index (χ4v) is 2.96. The Morgan fingerprint density at radius 1 is 1.09 bits per heavy atom. The Hall–Kier alpha value is -3.16. The Morgan fingerprint density at radius 2 is 1.56 bits per heavy atom. The molecule has 1 aromatic carbocycles. The number of esters is 2. The van der Waals surface area contributed by atoms with E-state index in [1.165, 1.54) is 20.8 Å². The SMILES string of the molecule is C=C(C)F.CC.CC1(C)OC(=O)C(=C2CCN(C(=O)OCc3ccccc3)CC2)C(=O)O1. The second kappa shape index (κ2) is 12.6. The third-order valence-corrected chi connectivity index (χ3v) is 4.27. The lowest BCUT2D eigenvalue weighted by molar-refractivity contribution is -0.222. The number of benzene rings is 1. The number of nitrogens with zero attached hydrogens (tertiary/aromatic N) is 1. The predicted octanol–water partition coefficient (Wildman–Crippen LogP) is 5.07. The third-order valence-electron chi connectivity index (χ3n) is 4.27. The van der Waals surface area contributed by atoms with Crippen LogP contribution in [-0.4, -0.2) is 41.8 Å². The molecule has 1 amide bonds. The lowest BCUT2D eigenvalue weighted by Gasteiger charge is -2.33. The molecule has 0 radical (unpaired) electrons. The maximum absolute atomic E-state index is 12.2. The zero-order chi connectivity index (χ0) is 24.3. The van der Waals surface area contributed by atoms with Crippen LogP contribution in [-0.2, 0) is 30.4 Å². The maximum atomic E-state index is 12.2. The van der Waals surface area contributed by atoms with Crippen LogP contribution in [0.5, 0.6) is 0 Å². The first-order valence-corrected chi connectivity index (χ1v) is 10.5. The van der Waals surface area contributed by atoms with Crippen LogP contribution in [0.15, 0.2) is 53.9 Å². The van der Waals surface area contributed by atoms with Gasteiger partial charge in [0.25, 0.3) is 5.79 Å². The van der Waals surface area contributed by atoms with Crippen molar-refractivity contribution in [1.82, 2.24) is 4.90 Å². The van der Waals surface area contributed by atoms with Gasteiger partial charge < -0.3 is 19.1 Å². The highest BCUT2D eigenvalue weighted by Gasteiger charge is 2.41. The van der Waals surface area contributed by atoms with Crippen molar-refractivity contribution in [2.75, 3.05) is 13.1 Å². The summed E-state index contributed by atoms with van der Waals surface area (Å²) in [5.74, 6) is -2.91. The lowest BCUT2D eigenvalue weighted by Crippen LogP contribution is -2.43. The number of hydrogen-bond acceptors (Lipinski definition) is 6. The maximum Gasteiger partial charge on any atom is 0.410 e. The van der Waals surface area contributed by atoms with Gasteiger partial charge in [0.2, 0.25) is 0 Å². The van der Waals surface area contributed by atoms with Gasteiger partial charge >= 0.3 is 18.0 Å². The zero-order valence-corrected chi connectivity index (χ0v) is 19.4. The molecule has 0 aliphatic carbocycles. The van der Waals surface area contributed by atoms with E-state index in [4.69, 9.17) is 14.2 Å². The number of amides is 1. The van der Waals surface area contributed by atoms with Crippen molar-refractivity contribution in [3.8, 4) is 0 Å². The standard InChI is InChI=1S/C19H21NO6.C3H5F.C2H6/c1-19(2)25-16(21)15(17(22)26-19)14-8-10-20(11-9-14)18(23)24-12-13-6-4-3-5-7-13;1-3(2)4;1-2/h3-7H,8-12H2,1-2H3;1H2,2H3;1-2H3. The Balaban J connectivity index is 0.000000769. The minimum absolute atomic E-state index is 0.0402. The number of likely N-dealkylation sites (tertiary alicyclic amines) is 1. The van der Waals surface area contributed by atoms with E-state index in [1.54, 1.807) is 4.90 Å². The lowest BCUT2D eigenvalue weighted by atomic mass is 9.97. The van der Waals surface area contributed by atoms with Crippen LogP contribution in [0.2, 0.25) is 0 Å². The summed E-state index contributed by atoms with van der Waals surface area (Å²) >= 11 is 0. The summed E-state index contributed by atoms with van der Waals surface area (Å²) in [6, 6.07) is 9.42. The molecule has 3 rings (SSSR count). The highest BCUT2D eigenvalue weighted by Crippen LogP contribution is 2.29. The van der Waals surface area contributed by atoms with Gasteiger partial charge in [-0.05, 0) is 30.9 Å². The number of hydrogen-bond donors (Lipinski definition) is 0. The smallest absolute Gasteiger partial charge is 0.410 e. The van der Waals surface area contributed by atoms with Crippen molar-refractivity contribution in [2.45, 2.75) is 59.9 Å². The van der Waals surface area contributed by atoms with Crippen LogP contribution < -0.4 is 0 Å². The highest BCUT2D eigenvalue weighted by molar-refractivity contribution is 6.16. The second-order valence-corrected chi connectivity index (χ2v) is 7.36. The van der Waals surface area contributed by atoms with E-state index in [9.17, 15) is 18.8 Å². The number of carbonyl (C=O) groups is 3. The molecule has 0 spiro atoms. The van der Waals surface area contributed by atoms with E-state index < -0.39 is 23.8 Å². The summed E-state index contributed by atoms with van der Waals surface area (Å²) in [7, 11) is 0. The largest absolute Gasteiger partial charge is 0.445 e. The average Bonchev–Trinajstić information content (AvgIpc) is 2.73. The number of carbonyl (C=O) groups excluding carboxylic acids is 3. The topological polar surface area (TPSA) is 82.1 Å². The van der Waals surface area contributed by atoms with Gasteiger partial charge in [0.1, 0.15) is 12.2 Å². The first-order valence-electron chi connectivity index (χ1n) is 10.5. The Labute approximate surface area is 188 Å². The quantitative estimate of drug-likeness (QED) is 0.356. The Bertz CT molecular complexity index is 811. The third kappa shape index (κ3) is 8.53. The molecule has 176 valence electrons. The molecule has 1 aromatic rings. The molecule has 2 aliphatic heterocycles. The molecule has 0 atom stereocenters. The predicted molar refractivity (Wildman–Crippen MR) is 118 cm³/mol. The molecule has 2 saturated heterocycles. The number of ether oxygens (including phenoxy) is 3. The minimum atomic E-state index is -1.25. The molecule has 0 unspecified atom stereocenters. The highest BCUT2D eigenvalue weighted by atomic mass is 19.1. The van der Waals surface area contributed by atoms with Gasteiger partial charge in [-0.3, -0.25) is 0 Å². The van der Waals surface area contributed by atoms with Gasteiger partial charge in [-0.25, -0.2) is 18.8 Å². The number of halogens is 1. The van der Waals surface area contributed by atoms with Crippen molar-refractivity contribution < 1.29 is 33.0 Å². The molecule has 0 N–H and O–H groups in total. The number of cyclic esters (lactones) is 2. The van der Waals surface area contributed by atoms with E-state index in [0.29, 0.717) is 31.5 Å². The van der Waals surface area contributed by atoms with Crippen molar-refractivity contribution in [2.24, 2.45) is 0 Å². The monoisotopic (exact) mass is 449 g/mol.